The second-order valence-electron chi connectivity index (χ2n) is 11.1. The molecule has 0 unspecified atom stereocenters. The van der Waals surface area contributed by atoms with Gasteiger partial charge in [0.25, 0.3) is 0 Å². The maximum atomic E-state index is 13.7. The van der Waals surface area contributed by atoms with Crippen molar-refractivity contribution in [1.82, 2.24) is 20.0 Å². The van der Waals surface area contributed by atoms with Crippen LogP contribution in [-0.2, 0) is 14.4 Å². The van der Waals surface area contributed by atoms with Crippen molar-refractivity contribution in [3.8, 4) is 0 Å². The second-order valence-corrected chi connectivity index (χ2v) is 11.1. The fourth-order valence-corrected chi connectivity index (χ4v) is 5.01. The average Bonchev–Trinajstić information content (AvgIpc) is 3.17. The van der Waals surface area contributed by atoms with Crippen molar-refractivity contribution < 1.29 is 19.5 Å². The molecular formula is C24H44N4O4. The number of carboxylic acid groups (broad SMARTS) is 1. The van der Waals surface area contributed by atoms with Crippen molar-refractivity contribution in [2.24, 2.45) is 11.3 Å². The van der Waals surface area contributed by atoms with Gasteiger partial charge >= 0.3 is 5.97 Å². The van der Waals surface area contributed by atoms with E-state index in [1.54, 1.807) is 11.9 Å². The summed E-state index contributed by atoms with van der Waals surface area (Å²) in [5.41, 5.74) is -0.451. The Hall–Kier alpha value is -1.67. The van der Waals surface area contributed by atoms with E-state index in [-0.39, 0.29) is 29.8 Å². The monoisotopic (exact) mass is 452 g/mol. The fourth-order valence-electron chi connectivity index (χ4n) is 5.01. The van der Waals surface area contributed by atoms with Gasteiger partial charge in [-0.25, -0.2) is 0 Å². The number of nitrogens with zero attached hydrogens (tertiary/aromatic N) is 3. The Morgan fingerprint density at radius 3 is 2.22 bits per heavy atom. The lowest BCUT2D eigenvalue weighted by Gasteiger charge is -2.41. The van der Waals surface area contributed by atoms with Gasteiger partial charge in [-0.15, -0.1) is 0 Å². The number of carboxylic acids is 1. The number of likely N-dealkylation sites (N-methyl/N-ethyl adjacent to an activating group) is 2. The lowest BCUT2D eigenvalue weighted by atomic mass is 9.84. The maximum absolute atomic E-state index is 13.7. The lowest BCUT2D eigenvalue weighted by molar-refractivity contribution is -0.144. The molecule has 4 atom stereocenters. The summed E-state index contributed by atoms with van der Waals surface area (Å²) in [5.74, 6) is -0.843. The first-order valence-electron chi connectivity index (χ1n) is 12.1. The van der Waals surface area contributed by atoms with E-state index in [0.29, 0.717) is 13.0 Å². The van der Waals surface area contributed by atoms with E-state index in [1.165, 1.54) is 0 Å². The van der Waals surface area contributed by atoms with Crippen LogP contribution in [0.3, 0.4) is 0 Å². The molecule has 2 heterocycles. The van der Waals surface area contributed by atoms with Gasteiger partial charge in [0.2, 0.25) is 11.8 Å². The molecule has 184 valence electrons. The molecule has 0 aromatic rings. The minimum atomic E-state index is -0.796. The molecule has 2 saturated heterocycles. The number of nitrogens with one attached hydrogen (secondary N) is 1. The summed E-state index contributed by atoms with van der Waals surface area (Å²) >= 11 is 0. The van der Waals surface area contributed by atoms with Gasteiger partial charge in [-0.05, 0) is 57.2 Å². The Balaban J connectivity index is 2.17. The normalized spacial score (nSPS) is 24.9. The van der Waals surface area contributed by atoms with Crippen LogP contribution in [0.25, 0.3) is 0 Å². The third-order valence-electron chi connectivity index (χ3n) is 7.16. The average molecular weight is 453 g/mol. The minimum Gasteiger partial charge on any atom is -0.480 e. The van der Waals surface area contributed by atoms with Crippen LogP contribution in [0.5, 0.6) is 0 Å². The Labute approximate surface area is 193 Å². The standard InChI is InChI=1S/C24H44N4O4/c1-16(2)19(15-28-14-10-12-18(28)23(31)32)27(7)22(30)20(24(3,4)5)25-21(29)17-11-8-9-13-26(17)6/h16-20H,8-15H2,1-7H3,(H,25,29)(H,31,32)/t17-,18+,19-,20-/m1/s1. The zero-order valence-electron chi connectivity index (χ0n) is 21.1. The largest absolute Gasteiger partial charge is 0.480 e. The quantitative estimate of drug-likeness (QED) is 0.585. The molecule has 2 aliphatic heterocycles. The van der Waals surface area contributed by atoms with Crippen molar-refractivity contribution in [2.75, 3.05) is 33.7 Å². The van der Waals surface area contributed by atoms with Crippen LogP contribution < -0.4 is 5.32 Å². The molecule has 0 bridgehead atoms. The zero-order valence-corrected chi connectivity index (χ0v) is 21.1. The number of hydrogen-bond donors (Lipinski definition) is 2. The fraction of sp³-hybridized carbons (Fsp3) is 0.875. The summed E-state index contributed by atoms with van der Waals surface area (Å²) in [5, 5.41) is 12.6. The third kappa shape index (κ3) is 6.44. The van der Waals surface area contributed by atoms with Crippen LogP contribution in [-0.4, -0.2) is 95.5 Å². The predicted molar refractivity (Wildman–Crippen MR) is 125 cm³/mol. The number of hydrogen-bond acceptors (Lipinski definition) is 5. The Bertz CT molecular complexity index is 675. The molecule has 2 amide bonds. The second kappa shape index (κ2) is 11.0. The van der Waals surface area contributed by atoms with Crippen molar-refractivity contribution in [1.29, 1.82) is 0 Å². The highest BCUT2D eigenvalue weighted by molar-refractivity contribution is 5.90. The van der Waals surface area contributed by atoms with E-state index in [4.69, 9.17) is 0 Å². The van der Waals surface area contributed by atoms with Gasteiger partial charge in [0.05, 0.1) is 6.04 Å². The summed E-state index contributed by atoms with van der Waals surface area (Å²) in [4.78, 5) is 44.2. The van der Waals surface area contributed by atoms with Crippen LogP contribution in [0.15, 0.2) is 0 Å². The molecule has 2 aliphatic rings. The highest BCUT2D eigenvalue weighted by Crippen LogP contribution is 2.26. The molecule has 0 saturated carbocycles. The minimum absolute atomic E-state index is 0.0829. The first-order chi connectivity index (χ1) is 14.8. The molecule has 0 aliphatic carbocycles. The van der Waals surface area contributed by atoms with Crippen LogP contribution in [0.4, 0.5) is 0 Å². The van der Waals surface area contributed by atoms with E-state index in [2.05, 4.69) is 24.1 Å². The van der Waals surface area contributed by atoms with Gasteiger partial charge < -0.3 is 15.3 Å². The number of rotatable bonds is 8. The van der Waals surface area contributed by atoms with Gasteiger partial charge in [0.15, 0.2) is 0 Å². The van der Waals surface area contributed by atoms with E-state index in [1.807, 2.05) is 32.7 Å². The van der Waals surface area contributed by atoms with Crippen molar-refractivity contribution in [2.45, 2.75) is 90.9 Å². The number of carbonyl (C=O) groups excluding carboxylic acids is 2. The van der Waals surface area contributed by atoms with E-state index >= 15 is 0 Å². The Morgan fingerprint density at radius 2 is 1.69 bits per heavy atom. The molecule has 0 aromatic heterocycles. The Kier molecular flexibility index (Phi) is 9.11. The van der Waals surface area contributed by atoms with Crippen molar-refractivity contribution >= 4 is 17.8 Å². The molecule has 2 N–H and O–H groups in total. The number of amides is 2. The van der Waals surface area contributed by atoms with E-state index in [9.17, 15) is 19.5 Å². The SMILES string of the molecule is CC(C)[C@@H](CN1CCC[C@H]1C(=O)O)N(C)C(=O)[C@@H](NC(=O)[C@H]1CCCCN1C)C(C)(C)C. The van der Waals surface area contributed by atoms with Crippen LogP contribution in [0, 0.1) is 11.3 Å². The summed E-state index contributed by atoms with van der Waals surface area (Å²) in [6, 6.07) is -1.47. The molecule has 8 heteroatoms. The summed E-state index contributed by atoms with van der Waals surface area (Å²) in [7, 11) is 3.75. The summed E-state index contributed by atoms with van der Waals surface area (Å²) < 4.78 is 0. The smallest absolute Gasteiger partial charge is 0.320 e. The van der Waals surface area contributed by atoms with Gasteiger partial charge in [-0.3, -0.25) is 24.2 Å². The highest BCUT2D eigenvalue weighted by Gasteiger charge is 2.40. The maximum Gasteiger partial charge on any atom is 0.320 e. The van der Waals surface area contributed by atoms with Gasteiger partial charge in [0, 0.05) is 19.6 Å². The van der Waals surface area contributed by atoms with Gasteiger partial charge in [0.1, 0.15) is 12.1 Å². The number of carbonyl (C=O) groups is 3. The Morgan fingerprint density at radius 1 is 1.06 bits per heavy atom. The van der Waals surface area contributed by atoms with Crippen molar-refractivity contribution in [3.05, 3.63) is 0 Å². The molecule has 2 rings (SSSR count). The number of likely N-dealkylation sites (tertiary alicyclic amines) is 2. The van der Waals surface area contributed by atoms with Crippen LogP contribution in [0.2, 0.25) is 0 Å². The van der Waals surface area contributed by atoms with Gasteiger partial charge in [-0.1, -0.05) is 41.0 Å². The van der Waals surface area contributed by atoms with Gasteiger partial charge in [-0.2, -0.15) is 0 Å². The van der Waals surface area contributed by atoms with Crippen LogP contribution >= 0.6 is 0 Å². The summed E-state index contributed by atoms with van der Waals surface area (Å²) in [6.45, 7) is 12.2. The number of aliphatic carboxylic acids is 1. The lowest BCUT2D eigenvalue weighted by Crippen LogP contribution is -2.61. The molecule has 8 nitrogen and oxygen atoms in total. The van der Waals surface area contributed by atoms with E-state index in [0.717, 1.165) is 38.8 Å². The summed E-state index contributed by atoms with van der Waals surface area (Å²) in [6.07, 6.45) is 4.42. The molecule has 0 spiro atoms. The van der Waals surface area contributed by atoms with Crippen molar-refractivity contribution in [3.63, 3.8) is 0 Å². The molecular weight excluding hydrogens is 408 g/mol. The zero-order chi connectivity index (χ0) is 24.2. The van der Waals surface area contributed by atoms with Crippen LogP contribution in [0.1, 0.15) is 66.7 Å². The molecule has 0 aromatic carbocycles. The number of piperidine rings is 1. The predicted octanol–water partition coefficient (Wildman–Crippen LogP) is 2.03. The molecule has 32 heavy (non-hydrogen) atoms. The first kappa shape index (κ1) is 26.6. The molecule has 2 fully saturated rings. The first-order valence-corrected chi connectivity index (χ1v) is 12.1. The highest BCUT2D eigenvalue weighted by atomic mass is 16.4. The topological polar surface area (TPSA) is 93.2 Å². The van der Waals surface area contributed by atoms with E-state index < -0.39 is 23.5 Å². The third-order valence-corrected chi connectivity index (χ3v) is 7.16. The molecule has 0 radical (unpaired) electrons.